The second-order valence-electron chi connectivity index (χ2n) is 10.4. The highest BCUT2D eigenvalue weighted by molar-refractivity contribution is 7.89. The van der Waals surface area contributed by atoms with Crippen LogP contribution in [0, 0.1) is 13.8 Å². The van der Waals surface area contributed by atoms with Crippen LogP contribution in [0.2, 0.25) is 5.02 Å². The Morgan fingerprint density at radius 1 is 1.13 bits per heavy atom. The molecule has 8 nitrogen and oxygen atoms in total. The summed E-state index contributed by atoms with van der Waals surface area (Å²) in [7, 11) is -0.672. The summed E-state index contributed by atoms with van der Waals surface area (Å²) in [5.74, 6) is 0.458. The van der Waals surface area contributed by atoms with Crippen molar-refractivity contribution in [1.29, 1.82) is 0 Å². The lowest BCUT2D eigenvalue weighted by molar-refractivity contribution is -0.121. The molecule has 2 aromatic rings. The maximum atomic E-state index is 13.2. The first kappa shape index (κ1) is 28.7. The van der Waals surface area contributed by atoms with Crippen molar-refractivity contribution >= 4 is 33.2 Å². The fourth-order valence-corrected chi connectivity index (χ4v) is 7.37. The van der Waals surface area contributed by atoms with Crippen molar-refractivity contribution in [3.05, 3.63) is 52.0 Å². The summed E-state index contributed by atoms with van der Waals surface area (Å²) in [4.78, 5) is 17.6. The lowest BCUT2D eigenvalue weighted by Gasteiger charge is -2.22. The third-order valence-corrected chi connectivity index (χ3v) is 9.97. The Morgan fingerprint density at radius 3 is 2.45 bits per heavy atom. The summed E-state index contributed by atoms with van der Waals surface area (Å²) in [6.07, 6.45) is 3.43. The molecule has 0 bridgehead atoms. The SMILES string of the molecule is COc1cc(C)c(S(=O)(=O)N(C)CCC(=O)NC2CCN(c3ccc(CN4CCCC4)cc3Cl)C2)c(C)c1. The van der Waals surface area contributed by atoms with E-state index >= 15 is 0 Å². The van der Waals surface area contributed by atoms with Crippen molar-refractivity contribution in [2.24, 2.45) is 0 Å². The number of amides is 1. The fraction of sp³-hybridized carbons (Fsp3) is 0.536. The molecule has 2 heterocycles. The number of ether oxygens (including phenoxy) is 1. The molecule has 1 N–H and O–H groups in total. The van der Waals surface area contributed by atoms with Crippen LogP contribution in [0.15, 0.2) is 35.2 Å². The van der Waals surface area contributed by atoms with Crippen LogP contribution in [0.5, 0.6) is 5.75 Å². The topological polar surface area (TPSA) is 82.2 Å². The highest BCUT2D eigenvalue weighted by Gasteiger charge is 2.28. The van der Waals surface area contributed by atoms with E-state index in [0.717, 1.165) is 43.3 Å². The monoisotopic (exact) mass is 562 g/mol. The molecule has 2 aliphatic heterocycles. The van der Waals surface area contributed by atoms with E-state index in [-0.39, 0.29) is 29.8 Å². The molecule has 2 fully saturated rings. The summed E-state index contributed by atoms with van der Waals surface area (Å²) in [5, 5.41) is 3.81. The van der Waals surface area contributed by atoms with Crippen LogP contribution in [0.1, 0.15) is 42.4 Å². The molecule has 2 saturated heterocycles. The molecule has 4 rings (SSSR count). The number of halogens is 1. The molecule has 10 heteroatoms. The number of nitrogens with zero attached hydrogens (tertiary/aromatic N) is 3. The molecular formula is C28H39ClN4O4S. The van der Waals surface area contributed by atoms with Crippen LogP contribution in [0.4, 0.5) is 5.69 Å². The molecule has 0 aliphatic carbocycles. The number of hydrogen-bond donors (Lipinski definition) is 1. The number of carbonyl (C=O) groups is 1. The molecule has 38 heavy (non-hydrogen) atoms. The Labute approximate surface area is 231 Å². The molecule has 1 unspecified atom stereocenters. The number of sulfonamides is 1. The van der Waals surface area contributed by atoms with Gasteiger partial charge in [0.1, 0.15) is 5.75 Å². The molecule has 1 amide bonds. The van der Waals surface area contributed by atoms with Crippen molar-refractivity contribution in [1.82, 2.24) is 14.5 Å². The van der Waals surface area contributed by atoms with Crippen molar-refractivity contribution in [3.8, 4) is 5.75 Å². The zero-order chi connectivity index (χ0) is 27.4. The molecule has 0 radical (unpaired) electrons. The van der Waals surface area contributed by atoms with Crippen LogP contribution in [-0.2, 0) is 21.4 Å². The van der Waals surface area contributed by atoms with E-state index < -0.39 is 10.0 Å². The van der Waals surface area contributed by atoms with E-state index in [9.17, 15) is 13.2 Å². The normalized spacial score (nSPS) is 18.4. The standard InChI is InChI=1S/C28H39ClN4O4S/c1-20-15-24(37-4)16-21(2)28(20)38(35,36)31(3)13-10-27(34)30-23-9-14-33(19-23)26-8-7-22(17-25(26)29)18-32-11-5-6-12-32/h7-8,15-17,23H,5-6,9-14,18-19H2,1-4H3,(H,30,34). The van der Waals surface area contributed by atoms with Crippen molar-refractivity contribution < 1.29 is 17.9 Å². The van der Waals surface area contributed by atoms with Gasteiger partial charge in [-0.2, -0.15) is 0 Å². The van der Waals surface area contributed by atoms with Crippen LogP contribution >= 0.6 is 11.6 Å². The number of likely N-dealkylation sites (tertiary alicyclic amines) is 1. The first-order valence-electron chi connectivity index (χ1n) is 13.2. The maximum absolute atomic E-state index is 13.2. The predicted molar refractivity (Wildman–Crippen MR) is 152 cm³/mol. The summed E-state index contributed by atoms with van der Waals surface area (Å²) < 4.78 is 32.9. The average molecular weight is 563 g/mol. The zero-order valence-corrected chi connectivity index (χ0v) is 24.4. The molecule has 2 aliphatic rings. The smallest absolute Gasteiger partial charge is 0.243 e. The van der Waals surface area contributed by atoms with Crippen molar-refractivity contribution in [2.45, 2.75) is 57.0 Å². The molecule has 0 aromatic heterocycles. The Kier molecular flexibility index (Phi) is 9.23. The first-order valence-corrected chi connectivity index (χ1v) is 15.1. The van der Waals surface area contributed by atoms with E-state index in [0.29, 0.717) is 23.4 Å². The van der Waals surface area contributed by atoms with Gasteiger partial charge >= 0.3 is 0 Å². The molecule has 2 aromatic carbocycles. The molecule has 0 spiro atoms. The minimum atomic E-state index is -3.74. The average Bonchev–Trinajstić information content (AvgIpc) is 3.54. The van der Waals surface area contributed by atoms with Gasteiger partial charge in [-0.25, -0.2) is 12.7 Å². The van der Waals surface area contributed by atoms with Gasteiger partial charge in [-0.1, -0.05) is 17.7 Å². The third-order valence-electron chi connectivity index (χ3n) is 7.50. The second kappa shape index (κ2) is 12.2. The molecule has 1 atom stereocenters. The minimum absolute atomic E-state index is 0.00386. The highest BCUT2D eigenvalue weighted by Crippen LogP contribution is 2.31. The van der Waals surface area contributed by atoms with Gasteiger partial charge in [0.15, 0.2) is 0 Å². The molecular weight excluding hydrogens is 524 g/mol. The van der Waals surface area contributed by atoms with Gasteiger partial charge in [0, 0.05) is 45.7 Å². The molecule has 208 valence electrons. The van der Waals surface area contributed by atoms with E-state index in [1.165, 1.54) is 29.8 Å². The number of rotatable bonds is 10. The number of hydrogen-bond acceptors (Lipinski definition) is 6. The largest absolute Gasteiger partial charge is 0.497 e. The number of carbonyl (C=O) groups excluding carboxylic acids is 1. The summed E-state index contributed by atoms with van der Waals surface area (Å²) in [5.41, 5.74) is 3.45. The Bertz CT molecular complexity index is 1240. The van der Waals surface area contributed by atoms with Gasteiger partial charge in [0.05, 0.1) is 22.7 Å². The van der Waals surface area contributed by atoms with Gasteiger partial charge in [-0.05, 0) is 87.2 Å². The number of aryl methyl sites for hydroxylation is 2. The maximum Gasteiger partial charge on any atom is 0.243 e. The Hall–Kier alpha value is -2.33. The van der Waals surface area contributed by atoms with Gasteiger partial charge in [-0.15, -0.1) is 0 Å². The van der Waals surface area contributed by atoms with Crippen LogP contribution in [0.25, 0.3) is 0 Å². The lowest BCUT2D eigenvalue weighted by Crippen LogP contribution is -2.39. The van der Waals surface area contributed by atoms with Crippen LogP contribution < -0.4 is 15.0 Å². The first-order chi connectivity index (χ1) is 18.1. The highest BCUT2D eigenvalue weighted by atomic mass is 35.5. The van der Waals surface area contributed by atoms with Crippen molar-refractivity contribution in [3.63, 3.8) is 0 Å². The summed E-state index contributed by atoms with van der Waals surface area (Å²) in [6, 6.07) is 9.70. The van der Waals surface area contributed by atoms with E-state index in [2.05, 4.69) is 33.3 Å². The van der Waals surface area contributed by atoms with Crippen molar-refractivity contribution in [2.75, 3.05) is 51.8 Å². The summed E-state index contributed by atoms with van der Waals surface area (Å²) in [6.45, 7) is 8.31. The number of anilines is 1. The fourth-order valence-electron chi connectivity index (χ4n) is 5.47. The number of benzene rings is 2. The van der Waals surface area contributed by atoms with Gasteiger partial charge in [-0.3, -0.25) is 9.69 Å². The number of methoxy groups -OCH3 is 1. The minimum Gasteiger partial charge on any atom is -0.497 e. The summed E-state index contributed by atoms with van der Waals surface area (Å²) >= 11 is 6.65. The van der Waals surface area contributed by atoms with E-state index in [1.54, 1.807) is 33.1 Å². The Morgan fingerprint density at radius 2 is 1.82 bits per heavy atom. The second-order valence-corrected chi connectivity index (χ2v) is 12.8. The van der Waals surface area contributed by atoms with Gasteiger partial charge < -0.3 is 15.0 Å². The number of nitrogens with one attached hydrogen (secondary N) is 1. The van der Waals surface area contributed by atoms with E-state index in [1.807, 2.05) is 0 Å². The third kappa shape index (κ3) is 6.62. The van der Waals surface area contributed by atoms with Crippen LogP contribution in [0.3, 0.4) is 0 Å². The predicted octanol–water partition coefficient (Wildman–Crippen LogP) is 3.97. The zero-order valence-electron chi connectivity index (χ0n) is 22.8. The molecule has 0 saturated carbocycles. The quantitative estimate of drug-likeness (QED) is 0.472. The Balaban J connectivity index is 1.29. The lowest BCUT2D eigenvalue weighted by atomic mass is 10.1. The van der Waals surface area contributed by atoms with Crippen LogP contribution in [-0.4, -0.2) is 76.5 Å². The van der Waals surface area contributed by atoms with Gasteiger partial charge in [0.2, 0.25) is 15.9 Å². The van der Waals surface area contributed by atoms with E-state index in [4.69, 9.17) is 16.3 Å². The van der Waals surface area contributed by atoms with Gasteiger partial charge in [0.25, 0.3) is 0 Å².